The quantitative estimate of drug-likeness (QED) is 0.275. The van der Waals surface area contributed by atoms with Gasteiger partial charge in [-0.05, 0) is 37.6 Å². The fourth-order valence-electron chi connectivity index (χ4n) is 4.72. The van der Waals surface area contributed by atoms with Crippen LogP contribution < -0.4 is 16.0 Å². The minimum absolute atomic E-state index is 0.0461. The number of amides is 1. The van der Waals surface area contributed by atoms with Gasteiger partial charge in [0.15, 0.2) is 15.7 Å². The highest BCUT2D eigenvalue weighted by Gasteiger charge is 2.24. The van der Waals surface area contributed by atoms with Crippen molar-refractivity contribution in [1.29, 1.82) is 0 Å². The highest BCUT2D eigenvalue weighted by Crippen LogP contribution is 2.34. The van der Waals surface area contributed by atoms with Gasteiger partial charge in [0.2, 0.25) is 11.9 Å². The number of aromatic nitrogens is 3. The zero-order valence-electron chi connectivity index (χ0n) is 21.9. The Morgan fingerprint density at radius 2 is 1.85 bits per heavy atom. The number of nitrogens with zero attached hydrogens (tertiary/aromatic N) is 3. The second-order valence-electron chi connectivity index (χ2n) is 9.62. The van der Waals surface area contributed by atoms with Gasteiger partial charge in [-0.2, -0.15) is 0 Å². The molecule has 0 radical (unpaired) electrons. The van der Waals surface area contributed by atoms with E-state index in [0.29, 0.717) is 11.4 Å². The van der Waals surface area contributed by atoms with E-state index in [1.165, 1.54) is 18.2 Å². The summed E-state index contributed by atoms with van der Waals surface area (Å²) in [5.41, 5.74) is 3.55. The summed E-state index contributed by atoms with van der Waals surface area (Å²) in [5, 5.41) is 10.0. The first-order chi connectivity index (χ1) is 18.6. The number of aromatic amines is 1. The number of carbonyl (C=O) groups is 1. The predicted octanol–water partition coefficient (Wildman–Crippen LogP) is 3.45. The summed E-state index contributed by atoms with van der Waals surface area (Å²) in [5.74, 6) is -0.861. The third-order valence-electron chi connectivity index (χ3n) is 6.89. The molecule has 0 unspecified atom stereocenters. The molecule has 1 fully saturated rings. The Morgan fingerprint density at radius 3 is 2.59 bits per heavy atom. The number of piperazine rings is 1. The minimum Gasteiger partial charge on any atom is -0.359 e. The van der Waals surface area contributed by atoms with E-state index in [4.69, 9.17) is 0 Å². The van der Waals surface area contributed by atoms with Gasteiger partial charge in [-0.3, -0.25) is 9.69 Å². The van der Waals surface area contributed by atoms with E-state index in [2.05, 4.69) is 35.8 Å². The van der Waals surface area contributed by atoms with Crippen molar-refractivity contribution in [3.05, 3.63) is 60.2 Å². The summed E-state index contributed by atoms with van der Waals surface area (Å²) in [6.07, 6.45) is 4.38. The van der Waals surface area contributed by atoms with Gasteiger partial charge in [0.1, 0.15) is 4.90 Å². The van der Waals surface area contributed by atoms with E-state index in [1.54, 1.807) is 6.20 Å². The summed E-state index contributed by atoms with van der Waals surface area (Å²) in [4.78, 5) is 26.9. The number of halogens is 1. The Bertz CT molecular complexity index is 1650. The average molecular weight is 552 g/mol. The number of carbonyl (C=O) groups excluding carboxylic acids is 1. The molecule has 1 atom stereocenters. The van der Waals surface area contributed by atoms with Crippen molar-refractivity contribution in [2.24, 2.45) is 0 Å². The van der Waals surface area contributed by atoms with Gasteiger partial charge in [-0.15, -0.1) is 0 Å². The van der Waals surface area contributed by atoms with Crippen LogP contribution >= 0.6 is 0 Å². The molecule has 4 aromatic rings. The summed E-state index contributed by atoms with van der Waals surface area (Å²) >= 11 is 0. The molecular weight excluding hydrogens is 521 g/mol. The first-order valence-corrected chi connectivity index (χ1v) is 14.5. The van der Waals surface area contributed by atoms with Crippen LogP contribution in [0.5, 0.6) is 0 Å². The molecule has 0 bridgehead atoms. The van der Waals surface area contributed by atoms with E-state index in [1.807, 2.05) is 38.2 Å². The Kier molecular flexibility index (Phi) is 7.34. The highest BCUT2D eigenvalue weighted by atomic mass is 32.2. The number of benzene rings is 2. The molecule has 3 heterocycles. The molecule has 12 heteroatoms. The van der Waals surface area contributed by atoms with E-state index in [9.17, 15) is 17.6 Å². The molecule has 10 nitrogen and oxygen atoms in total. The van der Waals surface area contributed by atoms with Crippen molar-refractivity contribution >= 4 is 44.0 Å². The van der Waals surface area contributed by atoms with Gasteiger partial charge in [-0.1, -0.05) is 18.2 Å². The molecule has 2 aromatic carbocycles. The van der Waals surface area contributed by atoms with Crippen molar-refractivity contribution < 1.29 is 17.6 Å². The molecule has 1 aliphatic rings. The van der Waals surface area contributed by atoms with Crippen LogP contribution in [0.2, 0.25) is 0 Å². The number of aryl methyl sites for hydroxylation is 1. The lowest BCUT2D eigenvalue weighted by Crippen LogP contribution is -2.51. The van der Waals surface area contributed by atoms with E-state index >= 15 is 0 Å². The van der Waals surface area contributed by atoms with Gasteiger partial charge < -0.3 is 20.9 Å². The smallest absolute Gasteiger partial charge is 0.241 e. The van der Waals surface area contributed by atoms with Crippen LogP contribution in [0.3, 0.4) is 0 Å². The lowest BCUT2D eigenvalue weighted by atomic mass is 10.1. The number of fused-ring (bicyclic) bond motifs is 1. The minimum atomic E-state index is -3.74. The molecular formula is C27H30FN7O3S. The molecule has 4 N–H and O–H groups in total. The molecule has 0 spiro atoms. The van der Waals surface area contributed by atoms with Crippen molar-refractivity contribution in [2.45, 2.75) is 24.8 Å². The van der Waals surface area contributed by atoms with E-state index < -0.39 is 20.5 Å². The second kappa shape index (κ2) is 10.7. The maximum Gasteiger partial charge on any atom is 0.241 e. The predicted molar refractivity (Wildman–Crippen MR) is 149 cm³/mol. The summed E-state index contributed by atoms with van der Waals surface area (Å²) in [6, 6.07) is 9.47. The molecule has 2 aromatic heterocycles. The monoisotopic (exact) mass is 551 g/mol. The summed E-state index contributed by atoms with van der Waals surface area (Å²) in [6.45, 7) is 7.13. The standard InChI is InChI=1S/C27H30FN7O3S/c1-16-14-31-27(33-20-7-5-9-22(23(20)28)39(3,37)38)34-24(16)19-15-30-25-18(19)6-4-8-21(25)32-26(36)17(2)35-12-10-29-11-13-35/h4-9,14-15,17,29-30H,10-13H2,1-3H3,(H,32,36)(H,31,33,34)/t17-/m0/s1. The third-order valence-corrected chi connectivity index (χ3v) is 8.00. The topological polar surface area (TPSA) is 132 Å². The molecule has 5 rings (SSSR count). The van der Waals surface area contributed by atoms with Gasteiger partial charge in [-0.25, -0.2) is 22.8 Å². The Balaban J connectivity index is 1.44. The van der Waals surface area contributed by atoms with Crippen LogP contribution in [-0.4, -0.2) is 72.7 Å². The number of sulfone groups is 1. The second-order valence-corrected chi connectivity index (χ2v) is 11.6. The van der Waals surface area contributed by atoms with Gasteiger partial charge in [0.05, 0.1) is 28.6 Å². The number of para-hydroxylation sites is 1. The normalized spacial score (nSPS) is 15.3. The fourth-order valence-corrected chi connectivity index (χ4v) is 5.48. The van der Waals surface area contributed by atoms with Crippen LogP contribution in [0.4, 0.5) is 21.7 Å². The number of anilines is 3. The zero-order valence-corrected chi connectivity index (χ0v) is 22.7. The van der Waals surface area contributed by atoms with Crippen LogP contribution in [0.1, 0.15) is 12.5 Å². The average Bonchev–Trinajstić information content (AvgIpc) is 3.35. The first-order valence-electron chi connectivity index (χ1n) is 12.6. The van der Waals surface area contributed by atoms with E-state index in [0.717, 1.165) is 54.5 Å². The van der Waals surface area contributed by atoms with Crippen molar-refractivity contribution in [1.82, 2.24) is 25.2 Å². The van der Waals surface area contributed by atoms with Gasteiger partial charge in [0, 0.05) is 55.8 Å². The lowest BCUT2D eigenvalue weighted by Gasteiger charge is -2.31. The van der Waals surface area contributed by atoms with Crippen molar-refractivity contribution in [2.75, 3.05) is 43.1 Å². The number of rotatable bonds is 7. The van der Waals surface area contributed by atoms with Gasteiger partial charge in [0.25, 0.3) is 0 Å². The molecule has 39 heavy (non-hydrogen) atoms. The largest absolute Gasteiger partial charge is 0.359 e. The molecule has 1 aliphatic heterocycles. The van der Waals surface area contributed by atoms with Crippen molar-refractivity contribution in [3.8, 4) is 11.3 Å². The number of H-pyrrole nitrogens is 1. The Labute approximate surface area is 226 Å². The first kappa shape index (κ1) is 26.7. The zero-order chi connectivity index (χ0) is 27.7. The molecule has 0 aliphatic carbocycles. The Morgan fingerprint density at radius 1 is 1.13 bits per heavy atom. The number of hydrogen-bond donors (Lipinski definition) is 4. The molecule has 1 amide bonds. The summed E-state index contributed by atoms with van der Waals surface area (Å²) < 4.78 is 38.7. The maximum atomic E-state index is 14.9. The van der Waals surface area contributed by atoms with E-state index in [-0.39, 0.29) is 23.6 Å². The third kappa shape index (κ3) is 5.49. The SMILES string of the molecule is Cc1cnc(Nc2cccc(S(C)(=O)=O)c2F)nc1-c1c[nH]c2c(NC(=O)[C@H](C)N3CCNCC3)cccc12. The van der Waals surface area contributed by atoms with Gasteiger partial charge >= 0.3 is 0 Å². The maximum absolute atomic E-state index is 14.9. The lowest BCUT2D eigenvalue weighted by molar-refractivity contribution is -0.120. The number of nitrogens with one attached hydrogen (secondary N) is 4. The number of hydrogen-bond acceptors (Lipinski definition) is 8. The Hall–Kier alpha value is -3.87. The summed E-state index contributed by atoms with van der Waals surface area (Å²) in [7, 11) is -3.74. The van der Waals surface area contributed by atoms with Crippen LogP contribution in [0.25, 0.3) is 22.2 Å². The van der Waals surface area contributed by atoms with Crippen molar-refractivity contribution in [3.63, 3.8) is 0 Å². The van der Waals surface area contributed by atoms with Crippen LogP contribution in [0.15, 0.2) is 53.7 Å². The van der Waals surface area contributed by atoms with Crippen LogP contribution in [0, 0.1) is 12.7 Å². The molecule has 204 valence electrons. The highest BCUT2D eigenvalue weighted by molar-refractivity contribution is 7.90. The fraction of sp³-hybridized carbons (Fsp3) is 0.296. The van der Waals surface area contributed by atoms with Crippen LogP contribution in [-0.2, 0) is 14.6 Å². The molecule has 0 saturated carbocycles. The molecule has 1 saturated heterocycles.